The van der Waals surface area contributed by atoms with Crippen LogP contribution in [0.1, 0.15) is 27.7 Å². The lowest BCUT2D eigenvalue weighted by atomic mass is 9.79. The maximum atomic E-state index is 13.2. The van der Waals surface area contributed by atoms with Gasteiger partial charge in [0.05, 0.1) is 33.3 Å². The van der Waals surface area contributed by atoms with Crippen LogP contribution in [0, 0.1) is 0 Å². The van der Waals surface area contributed by atoms with Crippen molar-refractivity contribution in [2.75, 3.05) is 53.3 Å². The predicted molar refractivity (Wildman–Crippen MR) is 419 cm³/mol. The normalized spacial score (nSPS) is 13.9. The second-order valence-corrected chi connectivity index (χ2v) is 40.8. The summed E-state index contributed by atoms with van der Waals surface area (Å²) in [6.07, 6.45) is 0. The fourth-order valence-electron chi connectivity index (χ4n) is 12.2. The van der Waals surface area contributed by atoms with Crippen LogP contribution < -0.4 is 26.7 Å². The lowest BCUT2D eigenvalue weighted by Gasteiger charge is -2.32. The predicted octanol–water partition coefficient (Wildman–Crippen LogP) is 17.9. The van der Waals surface area contributed by atoms with Crippen LogP contribution in [0.5, 0.6) is 0 Å². The van der Waals surface area contributed by atoms with Gasteiger partial charge in [-0.05, 0) is 147 Å². The van der Waals surface area contributed by atoms with Gasteiger partial charge in [-0.3, -0.25) is 0 Å². The Kier molecular flexibility index (Phi) is 18.9. The fraction of sp³-hybridized carbons (Fsp3) is 0.175. The van der Waals surface area contributed by atoms with Gasteiger partial charge in [0.25, 0.3) is 0 Å². The number of benzene rings is 10. The molecule has 0 amide bonds. The third kappa shape index (κ3) is 14.5. The molecule has 0 saturated carbocycles. The monoisotopic (exact) mass is 1410 g/mol. The summed E-state index contributed by atoms with van der Waals surface area (Å²) in [5.74, 6) is 2.92. The molecule has 14 nitrogen and oxygen atoms in total. The minimum atomic E-state index is -2.52. The Morgan fingerprint density at radius 3 is 0.900 bits per heavy atom. The zero-order chi connectivity index (χ0) is 70.7. The largest absolute Gasteiger partial charge is 0.494 e. The maximum absolute atomic E-state index is 13.2. The number of halogens is 1. The highest BCUT2D eigenvalue weighted by Gasteiger charge is 2.51. The Balaban J connectivity index is 0.000000145. The summed E-state index contributed by atoms with van der Waals surface area (Å²) >= 11 is 5.99. The molecule has 14 aromatic rings. The molecule has 1 aliphatic heterocycles. The van der Waals surface area contributed by atoms with Crippen molar-refractivity contribution in [2.45, 2.75) is 38.9 Å². The molecule has 4 aromatic heterocycles. The maximum Gasteiger partial charge on any atom is 0.494 e. The van der Waals surface area contributed by atoms with Crippen molar-refractivity contribution in [1.29, 1.82) is 0 Å². The molecule has 0 aliphatic carbocycles. The minimum Gasteiger partial charge on any atom is -0.399 e. The van der Waals surface area contributed by atoms with Crippen molar-refractivity contribution >= 4 is 118 Å². The first-order valence-electron chi connectivity index (χ1n) is 32.8. The molecule has 15 rings (SSSR count). The van der Waals surface area contributed by atoms with Crippen LogP contribution in [0.3, 0.4) is 0 Å². The van der Waals surface area contributed by atoms with E-state index in [9.17, 15) is 18.3 Å². The molecule has 0 unspecified atom stereocenters. The molecule has 20 heteroatoms. The smallest absolute Gasteiger partial charge is 0.399 e. The van der Waals surface area contributed by atoms with E-state index >= 15 is 0 Å². The van der Waals surface area contributed by atoms with Crippen molar-refractivity contribution in [1.82, 2.24) is 39.0 Å². The third-order valence-corrected chi connectivity index (χ3v) is 24.6. The van der Waals surface area contributed by atoms with Crippen LogP contribution in [0.25, 0.3) is 112 Å². The summed E-state index contributed by atoms with van der Waals surface area (Å²) in [6, 6.07) is 79.8. The number of aromatic nitrogens is 8. The first-order chi connectivity index (χ1) is 47.5. The number of hydrogen-bond acceptors (Lipinski definition) is 12. The molecule has 0 radical (unpaired) electrons. The first kappa shape index (κ1) is 69.5. The van der Waals surface area contributed by atoms with Crippen LogP contribution in [-0.2, 0) is 27.6 Å². The summed E-state index contributed by atoms with van der Waals surface area (Å²) in [6.45, 7) is 22.5. The molecule has 0 bridgehead atoms. The van der Waals surface area contributed by atoms with Gasteiger partial charge in [-0.25, -0.2) is 19.9 Å². The Morgan fingerprint density at radius 1 is 0.320 bits per heavy atom. The van der Waals surface area contributed by atoms with Gasteiger partial charge in [0.15, 0.2) is 29.1 Å². The number of hydrogen-bond donors (Lipinski definition) is 0. The van der Waals surface area contributed by atoms with Crippen LogP contribution in [-0.4, -0.2) is 111 Å². The zero-order valence-corrected chi connectivity index (χ0v) is 62.2. The van der Waals surface area contributed by atoms with Gasteiger partial charge >= 0.3 is 7.12 Å². The average molecular weight is 1420 g/mol. The van der Waals surface area contributed by atoms with E-state index < -0.39 is 46.9 Å². The number of nitrogens with zero attached hydrogens (tertiary/aromatic N) is 8. The highest BCUT2D eigenvalue weighted by Crippen LogP contribution is 2.44. The highest BCUT2D eigenvalue weighted by atomic mass is 35.5. The highest BCUT2D eigenvalue weighted by molar-refractivity contribution is 7.71. The molecule has 0 spiro atoms. The third-order valence-electron chi connectivity index (χ3n) is 18.3. The van der Waals surface area contributed by atoms with E-state index in [4.69, 9.17) is 35.9 Å². The Morgan fingerprint density at radius 2 is 0.590 bits per heavy atom. The molecule has 0 atom stereocenters. The van der Waals surface area contributed by atoms with Gasteiger partial charge in [0.2, 0.25) is 5.28 Å². The van der Waals surface area contributed by atoms with Crippen molar-refractivity contribution < 1.29 is 27.6 Å². The molecule has 10 aromatic carbocycles. The van der Waals surface area contributed by atoms with Crippen molar-refractivity contribution in [3.8, 4) is 68.3 Å². The van der Waals surface area contributed by atoms with E-state index in [2.05, 4.69) is 94.2 Å². The van der Waals surface area contributed by atoms with Gasteiger partial charge in [-0.15, -0.1) is 0 Å². The second-order valence-electron chi connectivity index (χ2n) is 27.6. The first-order valence-corrected chi connectivity index (χ1v) is 43.6. The molecule has 0 N–H and O–H groups in total. The van der Waals surface area contributed by atoms with E-state index in [1.165, 1.54) is 0 Å². The van der Waals surface area contributed by atoms with Crippen LogP contribution >= 0.6 is 40.2 Å². The Bertz CT molecular complexity index is 5370. The van der Waals surface area contributed by atoms with Gasteiger partial charge < -0.3 is 36.7 Å². The van der Waals surface area contributed by atoms with Crippen LogP contribution in [0.2, 0.25) is 5.28 Å². The zero-order valence-electron chi connectivity index (χ0n) is 57.9. The summed E-state index contributed by atoms with van der Waals surface area (Å²) in [5.41, 5.74) is 10.2. The topological polar surface area (TPSA) is 174 Å². The fourth-order valence-corrected chi connectivity index (χ4v) is 15.8. The van der Waals surface area contributed by atoms with E-state index in [-0.39, 0.29) is 5.28 Å². The lowest BCUT2D eigenvalue weighted by Crippen LogP contribution is -2.41. The molecular formula is C80H76BClN8O6P4. The standard InChI is InChI=1S/C37H32N4O2P2.C28H34BNO4P2.C15H10ClN3/c1-44(2,42)29-18-20-31-32-21-19-30(45(3,4)43)24-34(32)41(33(31)23-29)28-17-11-16-27(22-28)37-39-35(25-12-7-5-8-13-25)38-36(40-37)26-14-9-6-10-15-26;1-27(2)28(3,4)34-29(33-27)19-10-9-11-20(16-19)30-25-17-21(35(5,6)31)12-14-23(25)24-15-13-22(18-26(24)30)36(7,8)32;16-15-18-13(11-7-3-1-4-8-11)17-14(19-15)12-9-5-2-6-10-12/h5-24H,1-4H3;9-18H,1-8H3;1-10H. The molecule has 100 heavy (non-hydrogen) atoms. The SMILES string of the molecule is CC1(C)OB(c2cccc(-n3c4cc(P(C)(C)=O)ccc4c4ccc(P(C)(C)=O)cc43)c2)OC1(C)C.CP(C)(=O)c1ccc2c3ccc(P(C)(C)=O)cc3n(-c3cccc(-c4nc(-c5ccccc5)nc(-c5ccccc5)n4)c3)c2c1.Clc1nc(-c2ccccc2)nc(-c2ccccc2)n1. The molecule has 1 aliphatic rings. The number of fused-ring (bicyclic) bond motifs is 6. The lowest BCUT2D eigenvalue weighted by molar-refractivity contribution is 0.00578. The summed E-state index contributed by atoms with van der Waals surface area (Å²) in [7, 11) is -10.5. The summed E-state index contributed by atoms with van der Waals surface area (Å²) in [5, 5.41) is 7.70. The van der Waals surface area contributed by atoms with Crippen LogP contribution in [0.4, 0.5) is 0 Å². The second kappa shape index (κ2) is 27.2. The quantitative estimate of drug-likeness (QED) is 0.0838. The summed E-state index contributed by atoms with van der Waals surface area (Å²) in [4.78, 5) is 27.5. The molecule has 1 fully saturated rings. The van der Waals surface area contributed by atoms with Crippen molar-refractivity contribution in [3.63, 3.8) is 0 Å². The molecule has 5 heterocycles. The molecule has 1 saturated heterocycles. The molecular weight excluding hydrogens is 1340 g/mol. The van der Waals surface area contributed by atoms with E-state index in [0.29, 0.717) is 29.1 Å². The van der Waals surface area contributed by atoms with Crippen LogP contribution in [0.15, 0.2) is 243 Å². The van der Waals surface area contributed by atoms with E-state index in [1.807, 2.05) is 200 Å². The number of rotatable bonds is 12. The minimum absolute atomic E-state index is 0.202. The van der Waals surface area contributed by atoms with E-state index in [0.717, 1.165) is 109 Å². The van der Waals surface area contributed by atoms with Gasteiger partial charge in [-0.2, -0.15) is 9.97 Å². The van der Waals surface area contributed by atoms with Gasteiger partial charge in [-0.1, -0.05) is 194 Å². The van der Waals surface area contributed by atoms with Crippen molar-refractivity contribution in [3.05, 3.63) is 248 Å². The average Bonchev–Trinajstić information content (AvgIpc) is 1.59. The summed E-state index contributed by atoms with van der Waals surface area (Å²) < 4.78 is 69.3. The molecule has 502 valence electrons. The Hall–Kier alpha value is -8.99. The Labute approximate surface area is 589 Å². The van der Waals surface area contributed by atoms with E-state index in [1.54, 1.807) is 53.3 Å². The van der Waals surface area contributed by atoms with Gasteiger partial charge in [0, 0.05) is 82.0 Å². The van der Waals surface area contributed by atoms with Gasteiger partial charge in [0.1, 0.15) is 28.6 Å². The van der Waals surface area contributed by atoms with Crippen molar-refractivity contribution in [2.24, 2.45) is 0 Å².